The highest BCUT2D eigenvalue weighted by molar-refractivity contribution is 6.32. The number of rotatable bonds is 4. The van der Waals surface area contributed by atoms with Gasteiger partial charge in [0.2, 0.25) is 0 Å². The van der Waals surface area contributed by atoms with Crippen molar-refractivity contribution in [3.05, 3.63) is 28.8 Å². The summed E-state index contributed by atoms with van der Waals surface area (Å²) in [6, 6.07) is 6.81. The molecule has 2 rings (SSSR count). The third-order valence-corrected chi connectivity index (χ3v) is 3.79. The monoisotopic (exact) mass is 277 g/mol. The first-order valence-corrected chi connectivity index (χ1v) is 6.93. The van der Waals surface area contributed by atoms with Gasteiger partial charge in [0.25, 0.3) is 0 Å². The number of ether oxygens (including phenoxy) is 1. The van der Waals surface area contributed by atoms with E-state index in [1.807, 2.05) is 6.07 Å². The molecule has 0 unspecified atom stereocenters. The summed E-state index contributed by atoms with van der Waals surface area (Å²) in [6.45, 7) is 0.0658. The van der Waals surface area contributed by atoms with Crippen LogP contribution >= 0.6 is 11.6 Å². The van der Waals surface area contributed by atoms with Gasteiger partial charge in [-0.1, -0.05) is 30.9 Å². The van der Waals surface area contributed by atoms with E-state index in [1.165, 1.54) is 6.42 Å². The van der Waals surface area contributed by atoms with Gasteiger partial charge in [0.05, 0.1) is 16.7 Å². The molecule has 1 aromatic carbocycles. The summed E-state index contributed by atoms with van der Waals surface area (Å²) in [6.07, 6.45) is 5.45. The maximum atomic E-state index is 12.0. The Hall–Kier alpha value is -1.53. The molecule has 1 aliphatic carbocycles. The summed E-state index contributed by atoms with van der Waals surface area (Å²) >= 11 is 5.99. The number of Topliss-reactive ketones (excluding diaryl/α,β-unsaturated/α-hetero) is 1. The van der Waals surface area contributed by atoms with Gasteiger partial charge in [0.1, 0.15) is 12.4 Å². The maximum absolute atomic E-state index is 12.0. The average Bonchev–Trinajstić information content (AvgIpc) is 2.46. The lowest BCUT2D eigenvalue weighted by atomic mass is 9.86. The van der Waals surface area contributed by atoms with Gasteiger partial charge in [-0.05, 0) is 31.0 Å². The van der Waals surface area contributed by atoms with Gasteiger partial charge in [-0.25, -0.2) is 0 Å². The van der Waals surface area contributed by atoms with Crippen molar-refractivity contribution >= 4 is 17.4 Å². The molecule has 1 aromatic rings. The first-order valence-electron chi connectivity index (χ1n) is 6.56. The average molecular weight is 278 g/mol. The zero-order valence-corrected chi connectivity index (χ0v) is 11.4. The van der Waals surface area contributed by atoms with Gasteiger partial charge in [0.15, 0.2) is 5.78 Å². The minimum absolute atomic E-state index is 0.0658. The van der Waals surface area contributed by atoms with E-state index in [0.717, 1.165) is 25.7 Å². The van der Waals surface area contributed by atoms with Crippen LogP contribution in [-0.4, -0.2) is 12.4 Å². The van der Waals surface area contributed by atoms with Gasteiger partial charge in [-0.3, -0.25) is 4.79 Å². The highest BCUT2D eigenvalue weighted by Gasteiger charge is 2.21. The van der Waals surface area contributed by atoms with Gasteiger partial charge in [-0.2, -0.15) is 5.26 Å². The molecule has 0 saturated heterocycles. The molecule has 0 spiro atoms. The van der Waals surface area contributed by atoms with E-state index in [0.29, 0.717) is 16.3 Å². The zero-order chi connectivity index (χ0) is 13.7. The molecular weight excluding hydrogens is 262 g/mol. The zero-order valence-electron chi connectivity index (χ0n) is 10.7. The number of halogens is 1. The van der Waals surface area contributed by atoms with Crippen LogP contribution in [0.25, 0.3) is 0 Å². The van der Waals surface area contributed by atoms with E-state index in [1.54, 1.807) is 18.2 Å². The van der Waals surface area contributed by atoms with E-state index in [2.05, 4.69) is 0 Å². The number of hydrogen-bond donors (Lipinski definition) is 0. The number of benzene rings is 1. The molecule has 4 heteroatoms. The molecule has 1 aliphatic rings. The molecule has 100 valence electrons. The number of hydrogen-bond acceptors (Lipinski definition) is 3. The van der Waals surface area contributed by atoms with Crippen molar-refractivity contribution < 1.29 is 9.53 Å². The van der Waals surface area contributed by atoms with Crippen molar-refractivity contribution in [1.82, 2.24) is 0 Å². The third-order valence-electron chi connectivity index (χ3n) is 3.49. The first-order chi connectivity index (χ1) is 9.20. The van der Waals surface area contributed by atoms with E-state index in [9.17, 15) is 4.79 Å². The SMILES string of the molecule is N#Cc1ccc(OCC(=O)C2CCCCC2)c(Cl)c1. The number of carbonyl (C=O) groups excluding carboxylic acids is 1. The van der Waals surface area contributed by atoms with Crippen molar-refractivity contribution in [2.24, 2.45) is 5.92 Å². The number of carbonyl (C=O) groups is 1. The predicted octanol–water partition coefficient (Wildman–Crippen LogP) is 3.74. The Kier molecular flexibility index (Phi) is 4.81. The standard InChI is InChI=1S/C15H16ClNO2/c16-13-8-11(9-17)6-7-15(13)19-10-14(18)12-4-2-1-3-5-12/h6-8,12H,1-5,10H2. The Morgan fingerprint density at radius 3 is 2.74 bits per heavy atom. The molecule has 1 saturated carbocycles. The predicted molar refractivity (Wildman–Crippen MR) is 73.2 cm³/mol. The molecule has 19 heavy (non-hydrogen) atoms. The normalized spacial score (nSPS) is 15.8. The van der Waals surface area contributed by atoms with Crippen molar-refractivity contribution in [3.63, 3.8) is 0 Å². The van der Waals surface area contributed by atoms with Crippen LogP contribution in [0.1, 0.15) is 37.7 Å². The van der Waals surface area contributed by atoms with Crippen molar-refractivity contribution in [2.75, 3.05) is 6.61 Å². The topological polar surface area (TPSA) is 50.1 Å². The number of ketones is 1. The molecule has 0 atom stereocenters. The Labute approximate surface area is 118 Å². The van der Waals surface area contributed by atoms with Crippen LogP contribution in [0, 0.1) is 17.2 Å². The van der Waals surface area contributed by atoms with Crippen LogP contribution in [0.4, 0.5) is 0 Å². The van der Waals surface area contributed by atoms with Gasteiger partial charge in [0, 0.05) is 5.92 Å². The molecule has 0 amide bonds. The van der Waals surface area contributed by atoms with Crippen LogP contribution in [0.2, 0.25) is 5.02 Å². The smallest absolute Gasteiger partial charge is 0.173 e. The quantitative estimate of drug-likeness (QED) is 0.842. The molecule has 1 fully saturated rings. The molecule has 0 aliphatic heterocycles. The third kappa shape index (κ3) is 3.71. The van der Waals surface area contributed by atoms with Crippen LogP contribution in [0.3, 0.4) is 0 Å². The lowest BCUT2D eigenvalue weighted by Gasteiger charge is -2.20. The highest BCUT2D eigenvalue weighted by Crippen LogP contribution is 2.27. The van der Waals surface area contributed by atoms with Crippen LogP contribution in [0.15, 0.2) is 18.2 Å². The van der Waals surface area contributed by atoms with Crippen molar-refractivity contribution in [1.29, 1.82) is 5.26 Å². The Morgan fingerprint density at radius 1 is 1.37 bits per heavy atom. The molecule has 0 N–H and O–H groups in total. The van der Waals surface area contributed by atoms with Gasteiger partial charge in [-0.15, -0.1) is 0 Å². The molecule has 0 heterocycles. The van der Waals surface area contributed by atoms with Crippen LogP contribution in [-0.2, 0) is 4.79 Å². The fourth-order valence-electron chi connectivity index (χ4n) is 2.38. The summed E-state index contributed by atoms with van der Waals surface area (Å²) in [5.41, 5.74) is 0.482. The summed E-state index contributed by atoms with van der Waals surface area (Å²) in [7, 11) is 0. The second kappa shape index (κ2) is 6.58. The largest absolute Gasteiger partial charge is 0.484 e. The maximum Gasteiger partial charge on any atom is 0.173 e. The Bertz CT molecular complexity index is 501. The summed E-state index contributed by atoms with van der Waals surface area (Å²) in [5.74, 6) is 0.760. The van der Waals surface area contributed by atoms with E-state index in [4.69, 9.17) is 21.6 Å². The van der Waals surface area contributed by atoms with Gasteiger partial charge >= 0.3 is 0 Å². The van der Waals surface area contributed by atoms with E-state index < -0.39 is 0 Å². The molecule has 0 bridgehead atoms. The van der Waals surface area contributed by atoms with E-state index in [-0.39, 0.29) is 18.3 Å². The second-order valence-electron chi connectivity index (χ2n) is 4.85. The summed E-state index contributed by atoms with van der Waals surface area (Å²) < 4.78 is 5.46. The highest BCUT2D eigenvalue weighted by atomic mass is 35.5. The first kappa shape index (κ1) is 13.9. The fraction of sp³-hybridized carbons (Fsp3) is 0.467. The molecule has 0 aromatic heterocycles. The number of nitriles is 1. The minimum atomic E-state index is 0.0658. The molecule has 3 nitrogen and oxygen atoms in total. The Balaban J connectivity index is 1.91. The Morgan fingerprint density at radius 2 is 2.11 bits per heavy atom. The van der Waals surface area contributed by atoms with Crippen molar-refractivity contribution in [2.45, 2.75) is 32.1 Å². The molecular formula is C15H16ClNO2. The summed E-state index contributed by atoms with van der Waals surface area (Å²) in [4.78, 5) is 12.0. The molecule has 0 radical (unpaired) electrons. The fourth-order valence-corrected chi connectivity index (χ4v) is 2.61. The van der Waals surface area contributed by atoms with E-state index >= 15 is 0 Å². The van der Waals surface area contributed by atoms with Crippen LogP contribution in [0.5, 0.6) is 5.75 Å². The second-order valence-corrected chi connectivity index (χ2v) is 5.25. The lowest BCUT2D eigenvalue weighted by Crippen LogP contribution is -2.23. The lowest BCUT2D eigenvalue weighted by molar-refractivity contribution is -0.125. The summed E-state index contributed by atoms with van der Waals surface area (Å²) in [5, 5.41) is 9.11. The minimum Gasteiger partial charge on any atom is -0.484 e. The number of nitrogens with zero attached hydrogens (tertiary/aromatic N) is 1. The van der Waals surface area contributed by atoms with Gasteiger partial charge < -0.3 is 4.74 Å². The van der Waals surface area contributed by atoms with Crippen LogP contribution < -0.4 is 4.74 Å². The van der Waals surface area contributed by atoms with Crippen molar-refractivity contribution in [3.8, 4) is 11.8 Å².